The van der Waals surface area contributed by atoms with Gasteiger partial charge in [0.25, 0.3) is 11.6 Å². The van der Waals surface area contributed by atoms with E-state index in [-0.39, 0.29) is 36.8 Å². The van der Waals surface area contributed by atoms with Crippen molar-refractivity contribution in [3.05, 3.63) is 69.8 Å². The van der Waals surface area contributed by atoms with E-state index < -0.39 is 16.7 Å². The Morgan fingerprint density at radius 3 is 2.43 bits per heavy atom. The van der Waals surface area contributed by atoms with Crippen LogP contribution in [0.15, 0.2) is 48.5 Å². The maximum Gasteiger partial charge on any atom is 0.270 e. The maximum absolute atomic E-state index is 12.1. The molecule has 0 bridgehead atoms. The molecule has 0 radical (unpaired) electrons. The molecule has 158 valence electrons. The van der Waals surface area contributed by atoms with E-state index in [0.29, 0.717) is 5.69 Å². The number of carbonyl (C=O) groups excluding carboxylic acids is 3. The molecule has 2 rings (SSSR count). The zero-order valence-electron chi connectivity index (χ0n) is 16.7. The highest BCUT2D eigenvalue weighted by atomic mass is 16.6. The molecule has 10 heteroatoms. The molecule has 0 aliphatic heterocycles. The Morgan fingerprint density at radius 2 is 1.73 bits per heavy atom. The van der Waals surface area contributed by atoms with E-state index in [0.717, 1.165) is 11.6 Å². The Morgan fingerprint density at radius 1 is 1.00 bits per heavy atom. The van der Waals surface area contributed by atoms with Gasteiger partial charge in [-0.2, -0.15) is 0 Å². The van der Waals surface area contributed by atoms with E-state index in [4.69, 9.17) is 0 Å². The Kier molecular flexibility index (Phi) is 8.00. The third-order valence-corrected chi connectivity index (χ3v) is 3.89. The van der Waals surface area contributed by atoms with Gasteiger partial charge in [-0.25, -0.2) is 0 Å². The van der Waals surface area contributed by atoms with E-state index in [9.17, 15) is 24.5 Å². The van der Waals surface area contributed by atoms with E-state index in [1.807, 2.05) is 0 Å². The molecule has 0 heterocycles. The molecule has 10 nitrogen and oxygen atoms in total. The third kappa shape index (κ3) is 7.32. The molecule has 0 aliphatic rings. The van der Waals surface area contributed by atoms with E-state index in [1.165, 1.54) is 18.2 Å². The molecule has 0 saturated carbocycles. The number of nitro groups is 1. The lowest BCUT2D eigenvalue weighted by molar-refractivity contribution is -0.384. The second-order valence-electron chi connectivity index (χ2n) is 6.75. The molecule has 0 fully saturated rings. The van der Waals surface area contributed by atoms with Gasteiger partial charge in [0.05, 0.1) is 18.0 Å². The summed E-state index contributed by atoms with van der Waals surface area (Å²) in [5.74, 6) is -1.15. The highest BCUT2D eigenvalue weighted by Gasteiger charge is 2.12. The van der Waals surface area contributed by atoms with Crippen LogP contribution in [0.3, 0.4) is 0 Å². The van der Waals surface area contributed by atoms with Crippen molar-refractivity contribution in [2.24, 2.45) is 0 Å². The lowest BCUT2D eigenvalue weighted by Gasteiger charge is -2.11. The van der Waals surface area contributed by atoms with Crippen LogP contribution in [0.1, 0.15) is 15.9 Å². The molecule has 3 N–H and O–H groups in total. The predicted molar refractivity (Wildman–Crippen MR) is 111 cm³/mol. The molecule has 2 aromatic rings. The number of rotatable bonds is 9. The molecule has 0 aliphatic carbocycles. The summed E-state index contributed by atoms with van der Waals surface area (Å²) in [7, 11) is 3.59. The number of nitrogens with one attached hydrogen (secondary N) is 3. The van der Waals surface area contributed by atoms with Gasteiger partial charge in [-0.1, -0.05) is 18.2 Å². The predicted octanol–water partition coefficient (Wildman–Crippen LogP) is 1.14. The average molecular weight is 413 g/mol. The topological polar surface area (TPSA) is 134 Å². The summed E-state index contributed by atoms with van der Waals surface area (Å²) in [5, 5.41) is 18.6. The minimum absolute atomic E-state index is 0.0955. The van der Waals surface area contributed by atoms with Gasteiger partial charge in [-0.15, -0.1) is 0 Å². The van der Waals surface area contributed by atoms with Gasteiger partial charge < -0.3 is 20.9 Å². The van der Waals surface area contributed by atoms with Crippen molar-refractivity contribution in [3.8, 4) is 0 Å². The van der Waals surface area contributed by atoms with Gasteiger partial charge in [-0.05, 0) is 37.9 Å². The standard InChI is InChI=1S/C20H23N5O5/c1-24(2)13-19(27)23-16-7-3-5-14(9-16)11-21-18(26)12-22-20(28)15-6-4-8-17(10-15)25(29)30/h3-10H,11-13H2,1-2H3,(H,21,26)(H,22,28)(H,23,27). The summed E-state index contributed by atoms with van der Waals surface area (Å²) < 4.78 is 0. The minimum Gasteiger partial charge on any atom is -0.350 e. The molecule has 0 unspecified atom stereocenters. The number of anilines is 1. The van der Waals surface area contributed by atoms with Crippen LogP contribution in [0.4, 0.5) is 11.4 Å². The lowest BCUT2D eigenvalue weighted by Crippen LogP contribution is -2.36. The molecule has 0 aromatic heterocycles. The third-order valence-electron chi connectivity index (χ3n) is 3.89. The van der Waals surface area contributed by atoms with Crippen molar-refractivity contribution in [2.75, 3.05) is 32.5 Å². The quantitative estimate of drug-likeness (QED) is 0.417. The Balaban J connectivity index is 1.82. The highest BCUT2D eigenvalue weighted by Crippen LogP contribution is 2.13. The largest absolute Gasteiger partial charge is 0.350 e. The minimum atomic E-state index is -0.597. The molecular formula is C20H23N5O5. The van der Waals surface area contributed by atoms with Gasteiger partial charge in [0, 0.05) is 29.9 Å². The van der Waals surface area contributed by atoms with Crippen molar-refractivity contribution in [1.29, 1.82) is 0 Å². The fourth-order valence-electron chi connectivity index (χ4n) is 2.53. The van der Waals surface area contributed by atoms with Crippen LogP contribution in [-0.4, -0.2) is 54.7 Å². The van der Waals surface area contributed by atoms with Crippen molar-refractivity contribution in [2.45, 2.75) is 6.54 Å². The second-order valence-corrected chi connectivity index (χ2v) is 6.75. The molecule has 0 saturated heterocycles. The van der Waals surface area contributed by atoms with Gasteiger partial charge in [0.15, 0.2) is 0 Å². The van der Waals surface area contributed by atoms with Crippen molar-refractivity contribution >= 4 is 29.1 Å². The smallest absolute Gasteiger partial charge is 0.270 e. The summed E-state index contributed by atoms with van der Waals surface area (Å²) in [6.07, 6.45) is 0. The van der Waals surface area contributed by atoms with Gasteiger partial charge in [-0.3, -0.25) is 24.5 Å². The van der Waals surface area contributed by atoms with Crippen molar-refractivity contribution in [1.82, 2.24) is 15.5 Å². The molecular weight excluding hydrogens is 390 g/mol. The molecule has 0 atom stereocenters. The average Bonchev–Trinajstić information content (AvgIpc) is 2.70. The second kappa shape index (κ2) is 10.7. The van der Waals surface area contributed by atoms with Gasteiger partial charge in [0.2, 0.25) is 11.8 Å². The first kappa shape index (κ1) is 22.5. The summed E-state index contributed by atoms with van der Waals surface area (Å²) in [4.78, 5) is 47.8. The zero-order chi connectivity index (χ0) is 22.1. The molecule has 3 amide bonds. The fraction of sp³-hybridized carbons (Fsp3) is 0.250. The lowest BCUT2D eigenvalue weighted by atomic mass is 10.2. The SMILES string of the molecule is CN(C)CC(=O)Nc1cccc(CNC(=O)CNC(=O)c2cccc([N+](=O)[O-])c2)c1. The van der Waals surface area contributed by atoms with E-state index in [2.05, 4.69) is 16.0 Å². The van der Waals surface area contributed by atoms with Crippen molar-refractivity contribution in [3.63, 3.8) is 0 Å². The van der Waals surface area contributed by atoms with Crippen LogP contribution >= 0.6 is 0 Å². The maximum atomic E-state index is 12.1. The molecule has 2 aromatic carbocycles. The number of hydrogen-bond donors (Lipinski definition) is 3. The normalized spacial score (nSPS) is 10.4. The Bertz CT molecular complexity index is 945. The first-order valence-corrected chi connectivity index (χ1v) is 9.07. The Labute approximate surface area is 173 Å². The van der Waals surface area contributed by atoms with Crippen LogP contribution in [0.2, 0.25) is 0 Å². The van der Waals surface area contributed by atoms with Crippen LogP contribution < -0.4 is 16.0 Å². The fourth-order valence-corrected chi connectivity index (χ4v) is 2.53. The summed E-state index contributed by atoms with van der Waals surface area (Å²) in [6, 6.07) is 12.3. The number of hydrogen-bond acceptors (Lipinski definition) is 6. The van der Waals surface area contributed by atoms with Crippen LogP contribution in [-0.2, 0) is 16.1 Å². The first-order valence-electron chi connectivity index (χ1n) is 9.07. The number of nitrogens with zero attached hydrogens (tertiary/aromatic N) is 2. The highest BCUT2D eigenvalue weighted by molar-refractivity contribution is 5.97. The van der Waals surface area contributed by atoms with Crippen LogP contribution in [0.5, 0.6) is 0 Å². The Hall–Kier alpha value is -3.79. The number of likely N-dealkylation sites (N-methyl/N-ethyl adjacent to an activating group) is 1. The summed E-state index contributed by atoms with van der Waals surface area (Å²) >= 11 is 0. The van der Waals surface area contributed by atoms with Crippen LogP contribution in [0.25, 0.3) is 0 Å². The molecule has 30 heavy (non-hydrogen) atoms. The number of nitro benzene ring substituents is 1. The van der Waals surface area contributed by atoms with E-state index in [1.54, 1.807) is 43.3 Å². The van der Waals surface area contributed by atoms with Gasteiger partial charge in [0.1, 0.15) is 0 Å². The molecule has 0 spiro atoms. The monoisotopic (exact) mass is 413 g/mol. The zero-order valence-corrected chi connectivity index (χ0v) is 16.7. The van der Waals surface area contributed by atoms with Crippen molar-refractivity contribution < 1.29 is 19.3 Å². The van der Waals surface area contributed by atoms with E-state index >= 15 is 0 Å². The number of amides is 3. The van der Waals surface area contributed by atoms with Gasteiger partial charge >= 0.3 is 0 Å². The summed E-state index contributed by atoms with van der Waals surface area (Å²) in [5.41, 5.74) is 1.28. The first-order chi connectivity index (χ1) is 14.2. The number of carbonyl (C=O) groups is 3. The summed E-state index contributed by atoms with van der Waals surface area (Å²) in [6.45, 7) is 0.189. The van der Waals surface area contributed by atoms with Crippen LogP contribution in [0, 0.1) is 10.1 Å². The number of benzene rings is 2. The number of non-ortho nitro benzene ring substituents is 1.